The molecule has 32 heavy (non-hydrogen) atoms. The van der Waals surface area contributed by atoms with E-state index < -0.39 is 11.6 Å². The first-order valence-corrected chi connectivity index (χ1v) is 11.3. The Hall–Kier alpha value is -2.61. The lowest BCUT2D eigenvalue weighted by Gasteiger charge is -2.38. The van der Waals surface area contributed by atoms with Crippen LogP contribution in [0.4, 0.5) is 0 Å². The fourth-order valence-corrected chi connectivity index (χ4v) is 4.08. The van der Waals surface area contributed by atoms with Gasteiger partial charge in [0, 0.05) is 30.8 Å². The number of ether oxygens (including phenoxy) is 4. The molecule has 0 amide bonds. The molecule has 7 nitrogen and oxygen atoms in total. The van der Waals surface area contributed by atoms with Crippen LogP contribution in [0.3, 0.4) is 0 Å². The second-order valence-electron chi connectivity index (χ2n) is 7.48. The molecule has 0 aliphatic carbocycles. The molecule has 3 rings (SSSR count). The highest BCUT2D eigenvalue weighted by Crippen LogP contribution is 2.52. The summed E-state index contributed by atoms with van der Waals surface area (Å²) in [5.41, 5.74) is -0.290. The van der Waals surface area contributed by atoms with Crippen LogP contribution in [0.5, 0.6) is 17.2 Å². The van der Waals surface area contributed by atoms with Crippen molar-refractivity contribution < 1.29 is 28.8 Å². The first-order valence-electron chi connectivity index (χ1n) is 11.3. The minimum Gasteiger partial charge on any atom is -0.490 e. The highest BCUT2D eigenvalue weighted by molar-refractivity contribution is 5.89. The Bertz CT molecular complexity index is 896. The minimum absolute atomic E-state index is 0.0646. The van der Waals surface area contributed by atoms with Gasteiger partial charge in [0.05, 0.1) is 13.2 Å². The summed E-state index contributed by atoms with van der Waals surface area (Å²) in [6.45, 7) is 8.74. The number of benzene rings is 2. The molecule has 2 aromatic carbocycles. The van der Waals surface area contributed by atoms with Crippen LogP contribution in [0.25, 0.3) is 0 Å². The summed E-state index contributed by atoms with van der Waals surface area (Å²) < 4.78 is 23.9. The van der Waals surface area contributed by atoms with Gasteiger partial charge in [0.15, 0.2) is 11.5 Å². The van der Waals surface area contributed by atoms with Gasteiger partial charge in [0.2, 0.25) is 5.60 Å². The van der Waals surface area contributed by atoms with E-state index in [4.69, 9.17) is 18.9 Å². The molecule has 0 saturated carbocycles. The molecular weight excluding hydrogens is 410 g/mol. The van der Waals surface area contributed by atoms with Crippen LogP contribution in [-0.4, -0.2) is 62.0 Å². The van der Waals surface area contributed by atoms with Crippen molar-refractivity contribution in [2.75, 3.05) is 46.1 Å². The lowest BCUT2D eigenvalue weighted by atomic mass is 9.82. The van der Waals surface area contributed by atoms with E-state index in [0.29, 0.717) is 54.7 Å². The molecule has 174 valence electrons. The second-order valence-corrected chi connectivity index (χ2v) is 7.48. The van der Waals surface area contributed by atoms with E-state index in [0.717, 1.165) is 13.0 Å². The zero-order valence-corrected chi connectivity index (χ0v) is 19.1. The molecule has 2 aromatic rings. The first kappa shape index (κ1) is 24.0. The van der Waals surface area contributed by atoms with Crippen LogP contribution < -0.4 is 9.47 Å². The van der Waals surface area contributed by atoms with Gasteiger partial charge in [-0.15, -0.1) is 0 Å². The van der Waals surface area contributed by atoms with Crippen molar-refractivity contribution in [3.63, 3.8) is 0 Å². The third-order valence-electron chi connectivity index (χ3n) is 5.38. The summed E-state index contributed by atoms with van der Waals surface area (Å²) in [6, 6.07) is 12.8. The summed E-state index contributed by atoms with van der Waals surface area (Å²) in [4.78, 5) is 15.8. The van der Waals surface area contributed by atoms with Crippen molar-refractivity contribution >= 4 is 5.97 Å². The Balaban J connectivity index is 1.98. The van der Waals surface area contributed by atoms with Crippen molar-refractivity contribution in [3.8, 4) is 17.2 Å². The zero-order chi connectivity index (χ0) is 23.0. The van der Waals surface area contributed by atoms with Gasteiger partial charge in [0.25, 0.3) is 0 Å². The van der Waals surface area contributed by atoms with E-state index in [1.165, 1.54) is 0 Å². The number of carbonyl (C=O) groups excluding carboxylic acids is 1. The number of carbonyl (C=O) groups is 1. The number of hydrogen-bond acceptors (Lipinski definition) is 7. The standard InChI is InChI=1S/C25H33NO6/c1-4-14-26(15-17-27)16-18-30-24(28)25(31-6-3)19-10-7-8-12-21(19)32-23-20(25)11-9-13-22(23)29-5-2/h7-13,27H,4-6,14-18H2,1-3H3. The van der Waals surface area contributed by atoms with Gasteiger partial charge in [-0.3, -0.25) is 4.90 Å². The van der Waals surface area contributed by atoms with Gasteiger partial charge >= 0.3 is 5.97 Å². The maximum atomic E-state index is 13.7. The van der Waals surface area contributed by atoms with Gasteiger partial charge in [-0.05, 0) is 38.9 Å². The molecule has 1 atom stereocenters. The Morgan fingerprint density at radius 1 is 1.00 bits per heavy atom. The number of aliphatic hydroxyl groups excluding tert-OH is 1. The molecule has 0 saturated heterocycles. The third kappa shape index (κ3) is 4.75. The molecule has 1 aliphatic heterocycles. The monoisotopic (exact) mass is 443 g/mol. The van der Waals surface area contributed by atoms with Gasteiger partial charge in [-0.1, -0.05) is 37.3 Å². The van der Waals surface area contributed by atoms with E-state index in [2.05, 4.69) is 11.8 Å². The van der Waals surface area contributed by atoms with Crippen molar-refractivity contribution in [2.24, 2.45) is 0 Å². The lowest BCUT2D eigenvalue weighted by molar-refractivity contribution is -0.169. The number of esters is 1. The predicted molar refractivity (Wildman–Crippen MR) is 121 cm³/mol. The van der Waals surface area contributed by atoms with Crippen LogP contribution in [-0.2, 0) is 19.9 Å². The molecular formula is C25H33NO6. The number of rotatable bonds is 12. The SMILES string of the molecule is CCCN(CCO)CCOC(=O)C1(OCC)c2ccccc2Oc2c(OCC)cccc21. The molecule has 1 unspecified atom stereocenters. The summed E-state index contributed by atoms with van der Waals surface area (Å²) in [7, 11) is 0. The molecule has 1 heterocycles. The molecule has 0 aromatic heterocycles. The highest BCUT2D eigenvalue weighted by Gasteiger charge is 2.51. The summed E-state index contributed by atoms with van der Waals surface area (Å²) in [6.07, 6.45) is 0.953. The topological polar surface area (TPSA) is 77.5 Å². The van der Waals surface area contributed by atoms with Crippen LogP contribution in [0.15, 0.2) is 42.5 Å². The summed E-state index contributed by atoms with van der Waals surface area (Å²) in [5.74, 6) is 1.05. The zero-order valence-electron chi connectivity index (χ0n) is 19.1. The number of para-hydroxylation sites is 2. The van der Waals surface area contributed by atoms with Crippen molar-refractivity contribution in [1.82, 2.24) is 4.90 Å². The quantitative estimate of drug-likeness (QED) is 0.501. The van der Waals surface area contributed by atoms with Gasteiger partial charge in [-0.2, -0.15) is 0 Å². The Morgan fingerprint density at radius 2 is 1.78 bits per heavy atom. The van der Waals surface area contributed by atoms with Crippen LogP contribution in [0.2, 0.25) is 0 Å². The van der Waals surface area contributed by atoms with E-state index in [-0.39, 0.29) is 13.2 Å². The van der Waals surface area contributed by atoms with Gasteiger partial charge < -0.3 is 24.1 Å². The first-order chi connectivity index (χ1) is 15.6. The van der Waals surface area contributed by atoms with E-state index in [1.54, 1.807) is 0 Å². The van der Waals surface area contributed by atoms with Crippen molar-refractivity contribution in [3.05, 3.63) is 53.6 Å². The number of hydrogen-bond donors (Lipinski definition) is 1. The molecule has 1 N–H and O–H groups in total. The highest BCUT2D eigenvalue weighted by atomic mass is 16.6. The summed E-state index contributed by atoms with van der Waals surface area (Å²) >= 11 is 0. The molecule has 0 bridgehead atoms. The van der Waals surface area contributed by atoms with Crippen LogP contribution in [0.1, 0.15) is 38.3 Å². The van der Waals surface area contributed by atoms with Crippen molar-refractivity contribution in [2.45, 2.75) is 32.8 Å². The normalized spacial score (nSPS) is 16.8. The minimum atomic E-state index is -1.46. The number of fused-ring (bicyclic) bond motifs is 2. The van der Waals surface area contributed by atoms with Crippen LogP contribution in [0, 0.1) is 0 Å². The Labute approximate surface area is 189 Å². The van der Waals surface area contributed by atoms with Crippen LogP contribution >= 0.6 is 0 Å². The maximum absolute atomic E-state index is 13.7. The summed E-state index contributed by atoms with van der Waals surface area (Å²) in [5, 5.41) is 9.28. The largest absolute Gasteiger partial charge is 0.490 e. The molecule has 1 aliphatic rings. The van der Waals surface area contributed by atoms with Gasteiger partial charge in [0.1, 0.15) is 12.4 Å². The average molecular weight is 444 g/mol. The predicted octanol–water partition coefficient (Wildman–Crippen LogP) is 3.72. The van der Waals surface area contributed by atoms with E-state index in [9.17, 15) is 9.90 Å². The number of nitrogens with zero attached hydrogens (tertiary/aromatic N) is 1. The van der Waals surface area contributed by atoms with Gasteiger partial charge in [-0.25, -0.2) is 4.79 Å². The maximum Gasteiger partial charge on any atom is 0.348 e. The Morgan fingerprint density at radius 3 is 2.50 bits per heavy atom. The van der Waals surface area contributed by atoms with E-state index >= 15 is 0 Å². The molecule has 0 fully saturated rings. The smallest absolute Gasteiger partial charge is 0.348 e. The fraction of sp³-hybridized carbons (Fsp3) is 0.480. The van der Waals surface area contributed by atoms with Crippen molar-refractivity contribution in [1.29, 1.82) is 0 Å². The third-order valence-corrected chi connectivity index (χ3v) is 5.38. The molecule has 7 heteroatoms. The second kappa shape index (κ2) is 11.3. The lowest BCUT2D eigenvalue weighted by Crippen LogP contribution is -2.44. The van der Waals surface area contributed by atoms with E-state index in [1.807, 2.05) is 56.3 Å². The molecule has 0 radical (unpaired) electrons. The number of aliphatic hydroxyl groups is 1. The molecule has 0 spiro atoms. The Kier molecular flexibility index (Phi) is 8.50. The fourth-order valence-electron chi connectivity index (χ4n) is 4.08. The average Bonchev–Trinajstić information content (AvgIpc) is 2.80.